The predicted molar refractivity (Wildman–Crippen MR) is 95.9 cm³/mol. The normalized spacial score (nSPS) is 21.3. The Morgan fingerprint density at radius 1 is 1.17 bits per heavy atom. The van der Waals surface area contributed by atoms with Gasteiger partial charge in [0.1, 0.15) is 11.4 Å². The molecule has 1 fully saturated rings. The topological polar surface area (TPSA) is 64.4 Å². The Labute approximate surface area is 145 Å². The van der Waals surface area contributed by atoms with Crippen molar-refractivity contribution in [3.63, 3.8) is 0 Å². The van der Waals surface area contributed by atoms with Crippen LogP contribution in [0.15, 0.2) is 24.3 Å². The van der Waals surface area contributed by atoms with Gasteiger partial charge in [-0.25, -0.2) is 0 Å². The summed E-state index contributed by atoms with van der Waals surface area (Å²) in [5, 5.41) is 3.27. The number of nitrogens with two attached hydrogens (primary N) is 1. The summed E-state index contributed by atoms with van der Waals surface area (Å²) in [5.41, 5.74) is 6.57. The Balaban J connectivity index is 1.60. The zero-order chi connectivity index (χ0) is 16.8. The van der Waals surface area contributed by atoms with Gasteiger partial charge in [-0.15, -0.1) is 0 Å². The van der Waals surface area contributed by atoms with Crippen LogP contribution < -0.4 is 15.8 Å². The number of rotatable bonds is 7. The number of hydrogen-bond donors (Lipinski definition) is 2. The van der Waals surface area contributed by atoms with E-state index in [1.165, 1.54) is 12.8 Å². The van der Waals surface area contributed by atoms with Gasteiger partial charge in [0.2, 0.25) is 5.91 Å². The molecule has 1 amide bonds. The van der Waals surface area contributed by atoms with Crippen molar-refractivity contribution in [2.75, 3.05) is 6.54 Å². The summed E-state index contributed by atoms with van der Waals surface area (Å²) in [6.07, 6.45) is 10.4. The van der Waals surface area contributed by atoms with Crippen molar-refractivity contribution in [3.8, 4) is 5.75 Å². The molecule has 1 atom stereocenters. The van der Waals surface area contributed by atoms with E-state index >= 15 is 0 Å². The number of amides is 1. The molecular formula is C20H30N2O2. The molecule has 24 heavy (non-hydrogen) atoms. The molecular weight excluding hydrogens is 300 g/mol. The second kappa shape index (κ2) is 8.02. The highest BCUT2D eigenvalue weighted by Crippen LogP contribution is 2.46. The molecule has 1 saturated carbocycles. The molecule has 0 saturated heterocycles. The number of unbranched alkanes of at least 4 members (excludes halogenated alkanes) is 3. The number of carbonyl (C=O) groups is 1. The van der Waals surface area contributed by atoms with Crippen molar-refractivity contribution >= 4 is 5.91 Å². The van der Waals surface area contributed by atoms with Gasteiger partial charge in [0.15, 0.2) is 0 Å². The van der Waals surface area contributed by atoms with Gasteiger partial charge >= 0.3 is 0 Å². The third-order valence-corrected chi connectivity index (χ3v) is 5.40. The average molecular weight is 330 g/mol. The molecule has 1 aliphatic carbocycles. The van der Waals surface area contributed by atoms with E-state index in [0.29, 0.717) is 6.42 Å². The van der Waals surface area contributed by atoms with Gasteiger partial charge in [-0.05, 0) is 51.1 Å². The van der Waals surface area contributed by atoms with Crippen LogP contribution in [0.5, 0.6) is 5.75 Å². The van der Waals surface area contributed by atoms with E-state index in [4.69, 9.17) is 10.5 Å². The Kier molecular flexibility index (Phi) is 5.77. The SMILES string of the molecule is NCCCCCCC(=O)NC1CC2(CCCC2)Oc2ccccc21. The molecule has 0 bridgehead atoms. The highest BCUT2D eigenvalue weighted by molar-refractivity contribution is 5.76. The fourth-order valence-corrected chi connectivity index (χ4v) is 4.12. The van der Waals surface area contributed by atoms with Gasteiger partial charge in [0, 0.05) is 18.4 Å². The first-order valence-corrected chi connectivity index (χ1v) is 9.50. The second-order valence-electron chi connectivity index (χ2n) is 7.31. The van der Waals surface area contributed by atoms with Crippen LogP contribution in [0.25, 0.3) is 0 Å². The summed E-state index contributed by atoms with van der Waals surface area (Å²) >= 11 is 0. The van der Waals surface area contributed by atoms with E-state index in [-0.39, 0.29) is 17.6 Å². The lowest BCUT2D eigenvalue weighted by Gasteiger charge is -2.40. The summed E-state index contributed by atoms with van der Waals surface area (Å²) in [5.74, 6) is 1.12. The van der Waals surface area contributed by atoms with Crippen molar-refractivity contribution in [3.05, 3.63) is 29.8 Å². The predicted octanol–water partition coefficient (Wildman–Crippen LogP) is 3.85. The van der Waals surface area contributed by atoms with Crippen LogP contribution in [0, 0.1) is 0 Å². The lowest BCUT2D eigenvalue weighted by molar-refractivity contribution is -0.122. The Morgan fingerprint density at radius 3 is 2.71 bits per heavy atom. The molecule has 1 aromatic rings. The van der Waals surface area contributed by atoms with Crippen LogP contribution in [0.4, 0.5) is 0 Å². The first-order chi connectivity index (χ1) is 11.7. The first-order valence-electron chi connectivity index (χ1n) is 9.50. The van der Waals surface area contributed by atoms with Crippen molar-refractivity contribution in [1.82, 2.24) is 5.32 Å². The Morgan fingerprint density at radius 2 is 1.92 bits per heavy atom. The van der Waals surface area contributed by atoms with Gasteiger partial charge in [0.05, 0.1) is 6.04 Å². The van der Waals surface area contributed by atoms with Gasteiger partial charge in [-0.2, -0.15) is 0 Å². The van der Waals surface area contributed by atoms with E-state index in [0.717, 1.165) is 62.8 Å². The molecule has 2 aliphatic rings. The maximum Gasteiger partial charge on any atom is 0.220 e. The maximum atomic E-state index is 12.4. The van der Waals surface area contributed by atoms with Gasteiger partial charge in [-0.3, -0.25) is 4.79 Å². The van der Waals surface area contributed by atoms with E-state index in [9.17, 15) is 4.79 Å². The standard InChI is InChI=1S/C20H30N2O2/c21-14-8-2-1-3-11-19(23)22-17-15-20(12-6-7-13-20)24-18-10-5-4-9-16(17)18/h4-5,9-10,17H,1-3,6-8,11-15,21H2,(H,22,23). The van der Waals surface area contributed by atoms with Crippen LogP contribution in [0.2, 0.25) is 0 Å². The van der Waals surface area contributed by atoms with Gasteiger partial charge < -0.3 is 15.8 Å². The molecule has 1 unspecified atom stereocenters. The van der Waals surface area contributed by atoms with Gasteiger partial charge in [0.25, 0.3) is 0 Å². The maximum absolute atomic E-state index is 12.4. The molecule has 1 spiro atoms. The minimum atomic E-state index is -0.0621. The molecule has 1 aromatic carbocycles. The van der Waals surface area contributed by atoms with Crippen molar-refractivity contribution < 1.29 is 9.53 Å². The number of benzene rings is 1. The molecule has 1 aliphatic heterocycles. The molecule has 0 radical (unpaired) electrons. The molecule has 0 aromatic heterocycles. The van der Waals surface area contributed by atoms with E-state index in [1.54, 1.807) is 0 Å². The summed E-state index contributed by atoms with van der Waals surface area (Å²) in [6, 6.07) is 8.26. The monoisotopic (exact) mass is 330 g/mol. The number of nitrogens with one attached hydrogen (secondary N) is 1. The molecule has 3 rings (SSSR count). The van der Waals surface area contributed by atoms with Crippen molar-refractivity contribution in [1.29, 1.82) is 0 Å². The van der Waals surface area contributed by atoms with Crippen LogP contribution in [0.1, 0.15) is 75.8 Å². The number of hydrogen-bond acceptors (Lipinski definition) is 3. The molecule has 3 N–H and O–H groups in total. The summed E-state index contributed by atoms with van der Waals surface area (Å²) in [7, 11) is 0. The van der Waals surface area contributed by atoms with E-state index in [1.807, 2.05) is 18.2 Å². The van der Waals surface area contributed by atoms with Crippen LogP contribution in [0.3, 0.4) is 0 Å². The lowest BCUT2D eigenvalue weighted by Crippen LogP contribution is -2.43. The Hall–Kier alpha value is -1.55. The Bertz CT molecular complexity index is 552. The zero-order valence-corrected chi connectivity index (χ0v) is 14.6. The number of para-hydroxylation sites is 1. The summed E-state index contributed by atoms with van der Waals surface area (Å²) < 4.78 is 6.35. The average Bonchev–Trinajstić information content (AvgIpc) is 3.02. The first kappa shape index (κ1) is 17.3. The van der Waals surface area contributed by atoms with Crippen LogP contribution in [-0.2, 0) is 4.79 Å². The number of fused-ring (bicyclic) bond motifs is 1. The summed E-state index contributed by atoms with van der Waals surface area (Å²) in [6.45, 7) is 0.743. The number of carbonyl (C=O) groups excluding carboxylic acids is 1. The highest BCUT2D eigenvalue weighted by Gasteiger charge is 2.43. The van der Waals surface area contributed by atoms with Gasteiger partial charge in [-0.1, -0.05) is 31.0 Å². The zero-order valence-electron chi connectivity index (χ0n) is 14.6. The largest absolute Gasteiger partial charge is 0.487 e. The lowest BCUT2D eigenvalue weighted by atomic mass is 9.86. The third-order valence-electron chi connectivity index (χ3n) is 5.40. The number of ether oxygens (including phenoxy) is 1. The molecule has 132 valence electrons. The molecule has 1 heterocycles. The van der Waals surface area contributed by atoms with Crippen LogP contribution >= 0.6 is 0 Å². The fourth-order valence-electron chi connectivity index (χ4n) is 4.12. The van der Waals surface area contributed by atoms with Crippen molar-refractivity contribution in [2.24, 2.45) is 5.73 Å². The summed E-state index contributed by atoms with van der Waals surface area (Å²) in [4.78, 5) is 12.4. The highest BCUT2D eigenvalue weighted by atomic mass is 16.5. The second-order valence-corrected chi connectivity index (χ2v) is 7.31. The molecule has 4 heteroatoms. The minimum Gasteiger partial charge on any atom is -0.487 e. The van der Waals surface area contributed by atoms with Crippen molar-refractivity contribution in [2.45, 2.75) is 75.9 Å². The quantitative estimate of drug-likeness (QED) is 0.746. The fraction of sp³-hybridized carbons (Fsp3) is 0.650. The van der Waals surface area contributed by atoms with E-state index < -0.39 is 0 Å². The molecule has 4 nitrogen and oxygen atoms in total. The minimum absolute atomic E-state index is 0.0621. The third kappa shape index (κ3) is 4.10. The smallest absolute Gasteiger partial charge is 0.220 e. The van der Waals surface area contributed by atoms with E-state index in [2.05, 4.69) is 11.4 Å². The van der Waals surface area contributed by atoms with Crippen LogP contribution in [-0.4, -0.2) is 18.1 Å².